The Kier molecular flexibility index (Phi) is 4.39. The molecule has 0 unspecified atom stereocenters. The lowest BCUT2D eigenvalue weighted by atomic mass is 10.1. The second kappa shape index (κ2) is 6.79. The van der Waals surface area contributed by atoms with Gasteiger partial charge in [0.05, 0.1) is 7.11 Å². The first-order valence-electron chi connectivity index (χ1n) is 7.37. The number of rotatable bonds is 5. The van der Waals surface area contributed by atoms with Crippen molar-refractivity contribution in [3.63, 3.8) is 0 Å². The number of ether oxygens (including phenoxy) is 1. The lowest BCUT2D eigenvalue weighted by Gasteiger charge is -2.05. The molecule has 0 saturated heterocycles. The molecule has 3 nitrogen and oxygen atoms in total. The highest BCUT2D eigenvalue weighted by molar-refractivity contribution is 6.07. The normalized spacial score (nSPS) is 10.8. The number of aromatic nitrogens is 1. The summed E-state index contributed by atoms with van der Waals surface area (Å²) in [6, 6.07) is 19.1. The molecular formula is C20H17NO2. The van der Waals surface area contributed by atoms with Crippen molar-refractivity contribution in [3.8, 4) is 11.4 Å². The third kappa shape index (κ3) is 3.40. The van der Waals surface area contributed by atoms with Crippen molar-refractivity contribution in [1.82, 2.24) is 4.57 Å². The van der Waals surface area contributed by atoms with Gasteiger partial charge in [0.2, 0.25) is 0 Å². The minimum Gasteiger partial charge on any atom is -0.496 e. The number of hydrogen-bond donors (Lipinski definition) is 0. The van der Waals surface area contributed by atoms with Gasteiger partial charge in [0.15, 0.2) is 5.78 Å². The Labute approximate surface area is 135 Å². The summed E-state index contributed by atoms with van der Waals surface area (Å²) >= 11 is 0. The number of methoxy groups -OCH3 is 1. The van der Waals surface area contributed by atoms with Crippen LogP contribution in [0.2, 0.25) is 0 Å². The van der Waals surface area contributed by atoms with Gasteiger partial charge in [-0.15, -0.1) is 0 Å². The SMILES string of the molecule is COc1ccccc1/C=C/C(=O)c1cccc(-n2cccc2)c1. The smallest absolute Gasteiger partial charge is 0.185 e. The fourth-order valence-corrected chi connectivity index (χ4v) is 2.39. The van der Waals surface area contributed by atoms with Crippen molar-refractivity contribution in [2.45, 2.75) is 0 Å². The molecule has 0 aliphatic rings. The molecule has 1 heterocycles. The Morgan fingerprint density at radius 1 is 1.00 bits per heavy atom. The zero-order valence-corrected chi connectivity index (χ0v) is 12.8. The molecule has 114 valence electrons. The largest absolute Gasteiger partial charge is 0.496 e. The zero-order valence-electron chi connectivity index (χ0n) is 12.8. The van der Waals surface area contributed by atoms with Gasteiger partial charge in [0, 0.05) is 29.2 Å². The van der Waals surface area contributed by atoms with Gasteiger partial charge in [-0.05, 0) is 42.5 Å². The van der Waals surface area contributed by atoms with Gasteiger partial charge in [-0.3, -0.25) is 4.79 Å². The van der Waals surface area contributed by atoms with Gasteiger partial charge in [0.1, 0.15) is 5.75 Å². The maximum Gasteiger partial charge on any atom is 0.185 e. The molecule has 0 N–H and O–H groups in total. The van der Waals surface area contributed by atoms with E-state index < -0.39 is 0 Å². The number of hydrogen-bond acceptors (Lipinski definition) is 2. The quantitative estimate of drug-likeness (QED) is 0.517. The minimum absolute atomic E-state index is 0.0371. The number of ketones is 1. The van der Waals surface area contributed by atoms with E-state index in [0.717, 1.165) is 17.0 Å². The van der Waals surface area contributed by atoms with E-state index in [9.17, 15) is 4.79 Å². The van der Waals surface area contributed by atoms with Gasteiger partial charge < -0.3 is 9.30 Å². The van der Waals surface area contributed by atoms with Crippen molar-refractivity contribution in [1.29, 1.82) is 0 Å². The summed E-state index contributed by atoms with van der Waals surface area (Å²) in [5.41, 5.74) is 2.50. The van der Waals surface area contributed by atoms with Gasteiger partial charge in [-0.2, -0.15) is 0 Å². The van der Waals surface area contributed by atoms with E-state index in [2.05, 4.69) is 0 Å². The summed E-state index contributed by atoms with van der Waals surface area (Å²) < 4.78 is 7.26. The number of benzene rings is 2. The minimum atomic E-state index is -0.0371. The molecule has 0 radical (unpaired) electrons. The Morgan fingerprint density at radius 2 is 1.78 bits per heavy atom. The van der Waals surface area contributed by atoms with E-state index in [-0.39, 0.29) is 5.78 Å². The fourth-order valence-electron chi connectivity index (χ4n) is 2.39. The van der Waals surface area contributed by atoms with Crippen LogP contribution in [0, 0.1) is 0 Å². The van der Waals surface area contributed by atoms with E-state index >= 15 is 0 Å². The lowest BCUT2D eigenvalue weighted by Crippen LogP contribution is -1.97. The molecule has 3 heteroatoms. The van der Waals surface area contributed by atoms with Crippen LogP contribution in [0.3, 0.4) is 0 Å². The van der Waals surface area contributed by atoms with E-state index in [1.165, 1.54) is 0 Å². The molecule has 0 amide bonds. The molecule has 0 bridgehead atoms. The summed E-state index contributed by atoms with van der Waals surface area (Å²) in [6.07, 6.45) is 7.26. The van der Waals surface area contributed by atoms with Crippen molar-refractivity contribution in [2.24, 2.45) is 0 Å². The molecule has 2 aromatic carbocycles. The van der Waals surface area contributed by atoms with Crippen molar-refractivity contribution in [2.75, 3.05) is 7.11 Å². The molecular weight excluding hydrogens is 286 g/mol. The zero-order chi connectivity index (χ0) is 16.1. The van der Waals surface area contributed by atoms with Crippen LogP contribution < -0.4 is 4.74 Å². The summed E-state index contributed by atoms with van der Waals surface area (Å²) in [7, 11) is 1.62. The Hall–Kier alpha value is -3.07. The Morgan fingerprint density at radius 3 is 2.57 bits per heavy atom. The van der Waals surface area contributed by atoms with Gasteiger partial charge in [0.25, 0.3) is 0 Å². The number of carbonyl (C=O) groups excluding carboxylic acids is 1. The highest BCUT2D eigenvalue weighted by Gasteiger charge is 2.05. The molecule has 0 aliphatic carbocycles. The standard InChI is InChI=1S/C20H17NO2/c1-23-20-10-3-2-7-16(20)11-12-19(22)17-8-6-9-18(15-17)21-13-4-5-14-21/h2-15H,1H3/b12-11+. The molecule has 0 spiro atoms. The molecule has 23 heavy (non-hydrogen) atoms. The van der Waals surface area contributed by atoms with Crippen molar-refractivity contribution < 1.29 is 9.53 Å². The maximum absolute atomic E-state index is 12.4. The monoisotopic (exact) mass is 303 g/mol. The molecule has 0 saturated carbocycles. The van der Waals surface area contributed by atoms with Crippen LogP contribution in [-0.4, -0.2) is 17.5 Å². The summed E-state index contributed by atoms with van der Waals surface area (Å²) in [4.78, 5) is 12.4. The molecule has 0 aliphatic heterocycles. The topological polar surface area (TPSA) is 31.2 Å². The molecule has 0 atom stereocenters. The lowest BCUT2D eigenvalue weighted by molar-refractivity contribution is 0.104. The first-order chi connectivity index (χ1) is 11.3. The van der Waals surface area contributed by atoms with Crippen LogP contribution in [0.1, 0.15) is 15.9 Å². The summed E-state index contributed by atoms with van der Waals surface area (Å²) in [5.74, 6) is 0.711. The molecule has 3 rings (SSSR count). The van der Waals surface area contributed by atoms with Crippen LogP contribution in [0.4, 0.5) is 0 Å². The Bertz CT molecular complexity index is 832. The van der Waals surface area contributed by atoms with E-state index in [4.69, 9.17) is 4.74 Å². The molecule has 1 aromatic heterocycles. The Balaban J connectivity index is 1.84. The predicted molar refractivity (Wildman–Crippen MR) is 92.1 cm³/mol. The van der Waals surface area contributed by atoms with Crippen LogP contribution in [-0.2, 0) is 0 Å². The highest BCUT2D eigenvalue weighted by Crippen LogP contribution is 2.19. The first-order valence-corrected chi connectivity index (χ1v) is 7.37. The third-order valence-corrected chi connectivity index (χ3v) is 3.59. The first kappa shape index (κ1) is 14.9. The summed E-state index contributed by atoms with van der Waals surface area (Å²) in [5, 5.41) is 0. The van der Waals surface area contributed by atoms with Gasteiger partial charge in [-0.1, -0.05) is 30.3 Å². The van der Waals surface area contributed by atoms with Crippen LogP contribution in [0.25, 0.3) is 11.8 Å². The van der Waals surface area contributed by atoms with Crippen molar-refractivity contribution in [3.05, 3.63) is 90.3 Å². The third-order valence-electron chi connectivity index (χ3n) is 3.59. The average molecular weight is 303 g/mol. The fraction of sp³-hybridized carbons (Fsp3) is 0.0500. The number of carbonyl (C=O) groups is 1. The maximum atomic E-state index is 12.4. The molecule has 3 aromatic rings. The van der Waals surface area contributed by atoms with Gasteiger partial charge in [-0.25, -0.2) is 0 Å². The van der Waals surface area contributed by atoms with Crippen molar-refractivity contribution >= 4 is 11.9 Å². The van der Waals surface area contributed by atoms with Crippen LogP contribution in [0.5, 0.6) is 5.75 Å². The van der Waals surface area contributed by atoms with E-state index in [1.807, 2.05) is 77.6 Å². The molecule has 0 fully saturated rings. The number of para-hydroxylation sites is 1. The van der Waals surface area contributed by atoms with E-state index in [1.54, 1.807) is 19.3 Å². The number of allylic oxidation sites excluding steroid dienone is 1. The highest BCUT2D eigenvalue weighted by atomic mass is 16.5. The van der Waals surface area contributed by atoms with E-state index in [0.29, 0.717) is 5.56 Å². The second-order valence-electron chi connectivity index (χ2n) is 5.08. The van der Waals surface area contributed by atoms with Crippen LogP contribution in [0.15, 0.2) is 79.1 Å². The predicted octanol–water partition coefficient (Wildman–Crippen LogP) is 4.38. The average Bonchev–Trinajstić information content (AvgIpc) is 3.14. The van der Waals surface area contributed by atoms with Gasteiger partial charge >= 0.3 is 0 Å². The number of nitrogens with zero attached hydrogens (tertiary/aromatic N) is 1. The van der Waals surface area contributed by atoms with Crippen LogP contribution >= 0.6 is 0 Å². The summed E-state index contributed by atoms with van der Waals surface area (Å²) in [6.45, 7) is 0. The second-order valence-corrected chi connectivity index (χ2v) is 5.08.